The SMILES string of the molecule is CNC(=O)C(C)c1ccc(OC2CCN(c3ncnc(OCC(C)(C)O)c3Cl)C2)cc1. The molecule has 0 bridgehead atoms. The number of carbonyl (C=O) groups excluding carboxylic acids is 1. The van der Waals surface area contributed by atoms with E-state index in [4.69, 9.17) is 21.1 Å². The number of ether oxygens (including phenoxy) is 2. The Bertz CT molecular complexity index is 901. The summed E-state index contributed by atoms with van der Waals surface area (Å²) in [4.78, 5) is 22.2. The third kappa shape index (κ3) is 5.98. The number of hydrogen-bond acceptors (Lipinski definition) is 7. The third-order valence-electron chi connectivity index (χ3n) is 5.07. The molecule has 2 N–H and O–H groups in total. The number of anilines is 1. The number of aliphatic hydroxyl groups is 1. The van der Waals surface area contributed by atoms with E-state index in [9.17, 15) is 9.90 Å². The molecule has 2 unspecified atom stereocenters. The molecule has 8 nitrogen and oxygen atoms in total. The smallest absolute Gasteiger partial charge is 0.238 e. The monoisotopic (exact) mass is 448 g/mol. The van der Waals surface area contributed by atoms with E-state index in [2.05, 4.69) is 15.3 Å². The van der Waals surface area contributed by atoms with Crippen molar-refractivity contribution in [3.8, 4) is 11.6 Å². The van der Waals surface area contributed by atoms with E-state index in [1.54, 1.807) is 20.9 Å². The van der Waals surface area contributed by atoms with Crippen LogP contribution in [0.4, 0.5) is 5.82 Å². The lowest BCUT2D eigenvalue weighted by Crippen LogP contribution is -2.29. The van der Waals surface area contributed by atoms with Gasteiger partial charge in [-0.2, -0.15) is 0 Å². The van der Waals surface area contributed by atoms with Gasteiger partial charge in [0.05, 0.1) is 18.1 Å². The fourth-order valence-corrected chi connectivity index (χ4v) is 3.59. The van der Waals surface area contributed by atoms with Crippen LogP contribution >= 0.6 is 11.6 Å². The van der Waals surface area contributed by atoms with Gasteiger partial charge in [0.15, 0.2) is 5.82 Å². The van der Waals surface area contributed by atoms with Crippen molar-refractivity contribution < 1.29 is 19.4 Å². The summed E-state index contributed by atoms with van der Waals surface area (Å²) in [6.07, 6.45) is 2.20. The van der Waals surface area contributed by atoms with Crippen LogP contribution in [0.15, 0.2) is 30.6 Å². The first-order chi connectivity index (χ1) is 14.7. The van der Waals surface area contributed by atoms with Gasteiger partial charge >= 0.3 is 0 Å². The molecule has 2 heterocycles. The molecule has 0 radical (unpaired) electrons. The number of amides is 1. The van der Waals surface area contributed by atoms with Gasteiger partial charge in [-0.15, -0.1) is 0 Å². The van der Waals surface area contributed by atoms with E-state index < -0.39 is 5.60 Å². The Morgan fingerprint density at radius 3 is 2.71 bits per heavy atom. The molecule has 1 amide bonds. The van der Waals surface area contributed by atoms with Gasteiger partial charge in [0.25, 0.3) is 0 Å². The largest absolute Gasteiger partial charge is 0.489 e. The maximum atomic E-state index is 11.8. The molecule has 1 fully saturated rings. The van der Waals surface area contributed by atoms with Crippen molar-refractivity contribution >= 4 is 23.3 Å². The molecule has 0 spiro atoms. The number of likely N-dealkylation sites (N-methyl/N-ethyl adjacent to an activating group) is 1. The fourth-order valence-electron chi connectivity index (χ4n) is 3.32. The first kappa shape index (κ1) is 23.1. The molecular formula is C22H29ClN4O4. The first-order valence-corrected chi connectivity index (χ1v) is 10.6. The first-order valence-electron chi connectivity index (χ1n) is 10.3. The summed E-state index contributed by atoms with van der Waals surface area (Å²) in [5.41, 5.74) is -0.0552. The van der Waals surface area contributed by atoms with Crippen molar-refractivity contribution in [3.05, 3.63) is 41.2 Å². The Balaban J connectivity index is 1.61. The Kier molecular flexibility index (Phi) is 7.23. The van der Waals surface area contributed by atoms with Gasteiger partial charge in [-0.25, -0.2) is 9.97 Å². The van der Waals surface area contributed by atoms with E-state index >= 15 is 0 Å². The van der Waals surface area contributed by atoms with Crippen LogP contribution in [-0.2, 0) is 4.79 Å². The predicted octanol–water partition coefficient (Wildman–Crippen LogP) is 2.79. The number of carbonyl (C=O) groups is 1. The van der Waals surface area contributed by atoms with Crippen LogP contribution in [-0.4, -0.2) is 59.4 Å². The molecule has 0 aliphatic carbocycles. The van der Waals surface area contributed by atoms with Crippen LogP contribution in [0.3, 0.4) is 0 Å². The quantitative estimate of drug-likeness (QED) is 0.640. The van der Waals surface area contributed by atoms with Crippen molar-refractivity contribution in [3.63, 3.8) is 0 Å². The minimum atomic E-state index is -0.991. The van der Waals surface area contributed by atoms with Crippen LogP contribution in [0, 0.1) is 0 Å². The molecule has 31 heavy (non-hydrogen) atoms. The van der Waals surface area contributed by atoms with Crippen molar-refractivity contribution in [1.29, 1.82) is 0 Å². The lowest BCUT2D eigenvalue weighted by molar-refractivity contribution is -0.121. The van der Waals surface area contributed by atoms with E-state index in [1.807, 2.05) is 36.1 Å². The van der Waals surface area contributed by atoms with Gasteiger partial charge < -0.3 is 24.8 Å². The average molecular weight is 449 g/mol. The molecule has 1 aliphatic rings. The summed E-state index contributed by atoms with van der Waals surface area (Å²) in [5, 5.41) is 12.8. The van der Waals surface area contributed by atoms with Crippen molar-refractivity contribution in [2.24, 2.45) is 0 Å². The van der Waals surface area contributed by atoms with Gasteiger partial charge in [-0.1, -0.05) is 23.7 Å². The van der Waals surface area contributed by atoms with Gasteiger partial charge in [0.2, 0.25) is 11.8 Å². The molecular weight excluding hydrogens is 420 g/mol. The highest BCUT2D eigenvalue weighted by Crippen LogP contribution is 2.33. The second kappa shape index (κ2) is 9.70. The summed E-state index contributed by atoms with van der Waals surface area (Å²) in [6.45, 7) is 6.60. The zero-order chi connectivity index (χ0) is 22.6. The topological polar surface area (TPSA) is 96.8 Å². The molecule has 168 valence electrons. The van der Waals surface area contributed by atoms with Crippen LogP contribution in [0.1, 0.15) is 38.7 Å². The Hall–Kier alpha value is -2.58. The van der Waals surface area contributed by atoms with Crippen molar-refractivity contribution in [2.45, 2.75) is 44.8 Å². The molecule has 1 aromatic heterocycles. The van der Waals surface area contributed by atoms with E-state index in [-0.39, 0.29) is 30.4 Å². The molecule has 0 saturated carbocycles. The van der Waals surface area contributed by atoms with E-state index in [0.29, 0.717) is 17.4 Å². The minimum Gasteiger partial charge on any atom is -0.489 e. The van der Waals surface area contributed by atoms with Crippen LogP contribution in [0.5, 0.6) is 11.6 Å². The molecule has 1 aromatic carbocycles. The number of aromatic nitrogens is 2. The van der Waals surface area contributed by atoms with Crippen molar-refractivity contribution in [1.82, 2.24) is 15.3 Å². The molecule has 1 saturated heterocycles. The summed E-state index contributed by atoms with van der Waals surface area (Å²) < 4.78 is 11.7. The Morgan fingerprint density at radius 2 is 2.06 bits per heavy atom. The van der Waals surface area contributed by atoms with E-state index in [1.165, 1.54) is 6.33 Å². The molecule has 9 heteroatoms. The normalized spacial score (nSPS) is 17.4. The number of benzene rings is 1. The maximum Gasteiger partial charge on any atom is 0.238 e. The van der Waals surface area contributed by atoms with Gasteiger partial charge in [0.1, 0.15) is 29.8 Å². The van der Waals surface area contributed by atoms with Crippen LogP contribution in [0.25, 0.3) is 0 Å². The highest BCUT2D eigenvalue weighted by molar-refractivity contribution is 6.34. The maximum absolute atomic E-state index is 11.8. The molecule has 1 aliphatic heterocycles. The van der Waals surface area contributed by atoms with Gasteiger partial charge in [-0.3, -0.25) is 4.79 Å². The highest BCUT2D eigenvalue weighted by Gasteiger charge is 2.28. The Labute approximate surface area is 187 Å². The second-order valence-electron chi connectivity index (χ2n) is 8.30. The molecule has 2 atom stereocenters. The van der Waals surface area contributed by atoms with Crippen LogP contribution < -0.4 is 19.7 Å². The van der Waals surface area contributed by atoms with Crippen molar-refractivity contribution in [2.75, 3.05) is 31.6 Å². The summed E-state index contributed by atoms with van der Waals surface area (Å²) in [7, 11) is 1.63. The summed E-state index contributed by atoms with van der Waals surface area (Å²) in [6, 6.07) is 7.60. The number of nitrogens with one attached hydrogen (secondary N) is 1. The lowest BCUT2D eigenvalue weighted by atomic mass is 10.0. The molecule has 2 aromatic rings. The lowest BCUT2D eigenvalue weighted by Gasteiger charge is -2.21. The standard InChI is InChI=1S/C22H29ClN4O4/c1-14(20(28)24-4)15-5-7-16(8-6-15)31-17-9-10-27(11-17)19-18(23)21(26-13-25-19)30-12-22(2,3)29/h5-8,13-14,17,29H,9-12H2,1-4H3,(H,24,28). The molecule has 3 rings (SSSR count). The minimum absolute atomic E-state index is 0.0195. The number of halogens is 1. The number of hydrogen-bond donors (Lipinski definition) is 2. The Morgan fingerprint density at radius 1 is 1.35 bits per heavy atom. The van der Waals surface area contributed by atoms with Gasteiger partial charge in [-0.05, 0) is 38.5 Å². The predicted molar refractivity (Wildman–Crippen MR) is 119 cm³/mol. The zero-order valence-electron chi connectivity index (χ0n) is 18.3. The van der Waals surface area contributed by atoms with Gasteiger partial charge in [0, 0.05) is 20.0 Å². The van der Waals surface area contributed by atoms with Crippen LogP contribution in [0.2, 0.25) is 5.02 Å². The average Bonchev–Trinajstić information content (AvgIpc) is 3.20. The summed E-state index contributed by atoms with van der Waals surface area (Å²) >= 11 is 6.46. The fraction of sp³-hybridized carbons (Fsp3) is 0.500. The second-order valence-corrected chi connectivity index (χ2v) is 8.68. The number of nitrogens with zero attached hydrogens (tertiary/aromatic N) is 3. The zero-order valence-corrected chi connectivity index (χ0v) is 19.0. The van der Waals surface area contributed by atoms with E-state index in [0.717, 1.165) is 24.3 Å². The summed E-state index contributed by atoms with van der Waals surface area (Å²) in [5.74, 6) is 1.35. The third-order valence-corrected chi connectivity index (χ3v) is 5.40. The highest BCUT2D eigenvalue weighted by atomic mass is 35.5. The number of rotatable bonds is 8.